The second-order valence-electron chi connectivity index (χ2n) is 6.96. The lowest BCUT2D eigenvalue weighted by Gasteiger charge is -2.28. The summed E-state index contributed by atoms with van der Waals surface area (Å²) in [5.74, 6) is 0.739. The van der Waals surface area contributed by atoms with Crippen LogP contribution in [0.5, 0.6) is 5.75 Å². The van der Waals surface area contributed by atoms with Gasteiger partial charge in [0.1, 0.15) is 5.75 Å². The predicted octanol–water partition coefficient (Wildman–Crippen LogP) is 4.50. The highest BCUT2D eigenvalue weighted by Gasteiger charge is 2.13. The topological polar surface area (TPSA) is 45.3 Å². The molecule has 2 aromatic carbocycles. The summed E-state index contributed by atoms with van der Waals surface area (Å²) in [6.07, 6.45) is 3.86. The van der Waals surface area contributed by atoms with E-state index in [9.17, 15) is 4.79 Å². The van der Waals surface area contributed by atoms with E-state index in [1.54, 1.807) is 7.11 Å². The van der Waals surface area contributed by atoms with E-state index in [2.05, 4.69) is 34.1 Å². The lowest BCUT2D eigenvalue weighted by atomic mass is 10.0. The van der Waals surface area contributed by atoms with Gasteiger partial charge < -0.3 is 14.6 Å². The zero-order chi connectivity index (χ0) is 18.1. The number of nitrogens with one attached hydrogen (secondary N) is 1. The molecule has 0 radical (unpaired) electrons. The molecule has 2 heterocycles. The molecule has 1 saturated heterocycles. The summed E-state index contributed by atoms with van der Waals surface area (Å²) in [7, 11) is 1.63. The number of aromatic amines is 1. The SMILES string of the molecule is COc1ccc2c(=O)c(C)c(-c3ccc(N4CCCCC4)cc3)[nH]c2c1. The maximum Gasteiger partial charge on any atom is 0.192 e. The summed E-state index contributed by atoms with van der Waals surface area (Å²) >= 11 is 0. The van der Waals surface area contributed by atoms with E-state index in [-0.39, 0.29) is 5.43 Å². The highest BCUT2D eigenvalue weighted by Crippen LogP contribution is 2.27. The molecule has 0 saturated carbocycles. The van der Waals surface area contributed by atoms with Gasteiger partial charge in [0.25, 0.3) is 0 Å². The first kappa shape index (κ1) is 16.7. The van der Waals surface area contributed by atoms with E-state index in [1.165, 1.54) is 24.9 Å². The Morgan fingerprint density at radius 1 is 1.00 bits per heavy atom. The van der Waals surface area contributed by atoms with E-state index in [4.69, 9.17) is 4.74 Å². The van der Waals surface area contributed by atoms with Gasteiger partial charge in [-0.25, -0.2) is 0 Å². The van der Waals surface area contributed by atoms with E-state index in [1.807, 2.05) is 25.1 Å². The van der Waals surface area contributed by atoms with Gasteiger partial charge in [-0.2, -0.15) is 0 Å². The molecule has 1 N–H and O–H groups in total. The van der Waals surface area contributed by atoms with Crippen molar-refractivity contribution in [1.29, 1.82) is 0 Å². The van der Waals surface area contributed by atoms with Gasteiger partial charge >= 0.3 is 0 Å². The third-order valence-corrected chi connectivity index (χ3v) is 5.32. The Bertz CT molecular complexity index is 983. The maximum absolute atomic E-state index is 12.8. The van der Waals surface area contributed by atoms with Gasteiger partial charge in [-0.1, -0.05) is 12.1 Å². The smallest absolute Gasteiger partial charge is 0.192 e. The molecule has 0 bridgehead atoms. The minimum Gasteiger partial charge on any atom is -0.497 e. The lowest BCUT2D eigenvalue weighted by molar-refractivity contribution is 0.415. The first-order chi connectivity index (χ1) is 12.7. The Hall–Kier alpha value is -2.75. The Labute approximate surface area is 153 Å². The van der Waals surface area contributed by atoms with Crippen LogP contribution in [0.15, 0.2) is 47.3 Å². The number of rotatable bonds is 3. The fraction of sp³-hybridized carbons (Fsp3) is 0.318. The van der Waals surface area contributed by atoms with Crippen molar-refractivity contribution in [2.24, 2.45) is 0 Å². The first-order valence-electron chi connectivity index (χ1n) is 9.23. The quantitative estimate of drug-likeness (QED) is 0.758. The summed E-state index contributed by atoms with van der Waals surface area (Å²) in [6, 6.07) is 14.1. The zero-order valence-electron chi connectivity index (χ0n) is 15.3. The standard InChI is InChI=1S/C22H24N2O2/c1-15-21(23-20-14-18(26-2)10-11-19(20)22(15)25)16-6-8-17(9-7-16)24-12-4-3-5-13-24/h6-11,14H,3-5,12-13H2,1-2H3,(H,23,25). The van der Waals surface area contributed by atoms with Crippen LogP contribution in [-0.2, 0) is 0 Å². The minimum atomic E-state index is 0.0662. The average Bonchev–Trinajstić information content (AvgIpc) is 2.71. The lowest BCUT2D eigenvalue weighted by Crippen LogP contribution is -2.29. The van der Waals surface area contributed by atoms with E-state index in [0.29, 0.717) is 5.39 Å². The number of hydrogen-bond donors (Lipinski definition) is 1. The molecule has 1 aromatic heterocycles. The number of benzene rings is 2. The van der Waals surface area contributed by atoms with Crippen LogP contribution < -0.4 is 15.1 Å². The number of methoxy groups -OCH3 is 1. The average molecular weight is 348 g/mol. The molecule has 0 unspecified atom stereocenters. The monoisotopic (exact) mass is 348 g/mol. The Kier molecular flexibility index (Phi) is 4.41. The van der Waals surface area contributed by atoms with Gasteiger partial charge in [-0.15, -0.1) is 0 Å². The molecule has 4 rings (SSSR count). The fourth-order valence-corrected chi connectivity index (χ4v) is 3.78. The van der Waals surface area contributed by atoms with Crippen molar-refractivity contribution in [2.45, 2.75) is 26.2 Å². The third-order valence-electron chi connectivity index (χ3n) is 5.32. The van der Waals surface area contributed by atoms with Crippen molar-refractivity contribution < 1.29 is 4.74 Å². The highest BCUT2D eigenvalue weighted by atomic mass is 16.5. The van der Waals surface area contributed by atoms with Gasteiger partial charge in [0.15, 0.2) is 5.43 Å². The second kappa shape index (κ2) is 6.87. The largest absolute Gasteiger partial charge is 0.497 e. The van der Waals surface area contributed by atoms with Crippen molar-refractivity contribution in [3.63, 3.8) is 0 Å². The summed E-state index contributed by atoms with van der Waals surface area (Å²) in [5.41, 5.74) is 4.78. The van der Waals surface area contributed by atoms with Gasteiger partial charge in [-0.05, 0) is 56.0 Å². The normalized spacial score (nSPS) is 14.6. The molecule has 134 valence electrons. The van der Waals surface area contributed by atoms with Crippen molar-refractivity contribution in [2.75, 3.05) is 25.1 Å². The Balaban J connectivity index is 1.75. The molecule has 26 heavy (non-hydrogen) atoms. The van der Waals surface area contributed by atoms with Crippen molar-refractivity contribution in [3.8, 4) is 17.0 Å². The van der Waals surface area contributed by atoms with Gasteiger partial charge in [-0.3, -0.25) is 4.79 Å². The molecular weight excluding hydrogens is 324 g/mol. The number of pyridine rings is 1. The van der Waals surface area contributed by atoms with Crippen LogP contribution in [0, 0.1) is 6.92 Å². The molecule has 0 amide bonds. The molecule has 3 aromatic rings. The number of aromatic nitrogens is 1. The number of ether oxygens (including phenoxy) is 1. The minimum absolute atomic E-state index is 0.0662. The molecular formula is C22H24N2O2. The van der Waals surface area contributed by atoms with E-state index < -0.39 is 0 Å². The van der Waals surface area contributed by atoms with Crippen LogP contribution in [-0.4, -0.2) is 25.2 Å². The number of H-pyrrole nitrogens is 1. The van der Waals surface area contributed by atoms with Crippen molar-refractivity contribution >= 4 is 16.6 Å². The van der Waals surface area contributed by atoms with Crippen LogP contribution in [0.1, 0.15) is 24.8 Å². The molecule has 1 aliphatic heterocycles. The summed E-state index contributed by atoms with van der Waals surface area (Å²) in [6.45, 7) is 4.15. The fourth-order valence-electron chi connectivity index (χ4n) is 3.78. The van der Waals surface area contributed by atoms with E-state index in [0.717, 1.165) is 41.2 Å². The van der Waals surface area contributed by atoms with Gasteiger partial charge in [0.2, 0.25) is 0 Å². The summed E-state index contributed by atoms with van der Waals surface area (Å²) in [4.78, 5) is 18.6. The maximum atomic E-state index is 12.8. The Morgan fingerprint density at radius 3 is 2.42 bits per heavy atom. The first-order valence-corrected chi connectivity index (χ1v) is 9.23. The number of fused-ring (bicyclic) bond motifs is 1. The van der Waals surface area contributed by atoms with E-state index >= 15 is 0 Å². The number of hydrogen-bond acceptors (Lipinski definition) is 3. The van der Waals surface area contributed by atoms with Gasteiger partial charge in [0.05, 0.1) is 18.3 Å². The molecule has 4 nitrogen and oxygen atoms in total. The molecule has 1 aliphatic rings. The predicted molar refractivity (Wildman–Crippen MR) is 107 cm³/mol. The molecule has 0 spiro atoms. The van der Waals surface area contributed by atoms with Crippen molar-refractivity contribution in [1.82, 2.24) is 4.98 Å². The van der Waals surface area contributed by atoms with Crippen LogP contribution in [0.4, 0.5) is 5.69 Å². The zero-order valence-corrected chi connectivity index (χ0v) is 15.3. The van der Waals surface area contributed by atoms with Crippen LogP contribution in [0.25, 0.3) is 22.2 Å². The number of anilines is 1. The second-order valence-corrected chi connectivity index (χ2v) is 6.96. The molecule has 0 atom stereocenters. The Morgan fingerprint density at radius 2 is 1.73 bits per heavy atom. The van der Waals surface area contributed by atoms with Crippen LogP contribution in [0.3, 0.4) is 0 Å². The van der Waals surface area contributed by atoms with Gasteiger partial charge in [0, 0.05) is 35.8 Å². The number of nitrogens with zero attached hydrogens (tertiary/aromatic N) is 1. The van der Waals surface area contributed by atoms with Crippen LogP contribution in [0.2, 0.25) is 0 Å². The molecule has 1 fully saturated rings. The third kappa shape index (κ3) is 2.96. The summed E-state index contributed by atoms with van der Waals surface area (Å²) in [5, 5.41) is 0.692. The highest BCUT2D eigenvalue weighted by molar-refractivity contribution is 5.84. The van der Waals surface area contributed by atoms with Crippen LogP contribution >= 0.6 is 0 Å². The van der Waals surface area contributed by atoms with Crippen molar-refractivity contribution in [3.05, 3.63) is 58.3 Å². The molecule has 4 heteroatoms. The number of piperidine rings is 1. The summed E-state index contributed by atoms with van der Waals surface area (Å²) < 4.78 is 5.29. The molecule has 0 aliphatic carbocycles.